The molecule has 0 bridgehead atoms. The standard InChI is InChI=1S/C20H22ClN7O/c1-4-15-16(13-6-8-14(21)9-7-13)18-24-23-17-19(28(18)25-15)22-12-27(20(17)29)11-5-10-26(2)3/h6-9,12H,4-5,10-11H2,1-3H3. The molecule has 29 heavy (non-hydrogen) atoms. The van der Waals surface area contributed by atoms with E-state index in [4.69, 9.17) is 11.6 Å². The van der Waals surface area contributed by atoms with Gasteiger partial charge in [-0.3, -0.25) is 9.36 Å². The van der Waals surface area contributed by atoms with E-state index in [1.54, 1.807) is 15.4 Å². The van der Waals surface area contributed by atoms with E-state index in [2.05, 4.69) is 25.2 Å². The molecule has 9 heteroatoms. The molecule has 0 atom stereocenters. The minimum Gasteiger partial charge on any atom is -0.309 e. The van der Waals surface area contributed by atoms with E-state index in [-0.39, 0.29) is 11.1 Å². The van der Waals surface area contributed by atoms with Gasteiger partial charge in [0.05, 0.1) is 11.3 Å². The minimum absolute atomic E-state index is 0.204. The second kappa shape index (κ2) is 7.88. The van der Waals surface area contributed by atoms with Gasteiger partial charge in [0.25, 0.3) is 5.56 Å². The minimum atomic E-state index is -0.204. The molecule has 1 aromatic carbocycles. The zero-order chi connectivity index (χ0) is 20.5. The van der Waals surface area contributed by atoms with Gasteiger partial charge >= 0.3 is 0 Å². The molecule has 0 saturated heterocycles. The third kappa shape index (κ3) is 3.61. The van der Waals surface area contributed by atoms with Crippen LogP contribution in [0.4, 0.5) is 0 Å². The SMILES string of the molecule is CCc1nn2c(nnc3c(=O)n(CCCN(C)C)cnc32)c1-c1ccc(Cl)cc1. The van der Waals surface area contributed by atoms with Gasteiger partial charge in [-0.15, -0.1) is 10.2 Å². The van der Waals surface area contributed by atoms with Crippen LogP contribution < -0.4 is 5.56 Å². The Hall–Kier alpha value is -2.84. The van der Waals surface area contributed by atoms with Crippen molar-refractivity contribution in [1.82, 2.24) is 34.3 Å². The fourth-order valence-electron chi connectivity index (χ4n) is 3.38. The maximum absolute atomic E-state index is 12.9. The monoisotopic (exact) mass is 411 g/mol. The van der Waals surface area contributed by atoms with E-state index in [0.29, 0.717) is 29.3 Å². The first-order valence-electron chi connectivity index (χ1n) is 9.53. The number of fused-ring (bicyclic) bond motifs is 3. The molecule has 4 rings (SSSR count). The summed E-state index contributed by atoms with van der Waals surface area (Å²) in [6, 6.07) is 7.53. The van der Waals surface area contributed by atoms with Crippen molar-refractivity contribution in [2.75, 3.05) is 20.6 Å². The lowest BCUT2D eigenvalue weighted by molar-refractivity contribution is 0.384. The average molecular weight is 412 g/mol. The number of aryl methyl sites for hydroxylation is 2. The second-order valence-corrected chi connectivity index (χ2v) is 7.63. The second-order valence-electron chi connectivity index (χ2n) is 7.19. The molecule has 4 aromatic rings. The van der Waals surface area contributed by atoms with Crippen molar-refractivity contribution < 1.29 is 0 Å². The fraction of sp³-hybridized carbons (Fsp3) is 0.350. The molecule has 0 fully saturated rings. The van der Waals surface area contributed by atoms with Gasteiger partial charge in [0.2, 0.25) is 0 Å². The van der Waals surface area contributed by atoms with Crippen molar-refractivity contribution in [1.29, 1.82) is 0 Å². The van der Waals surface area contributed by atoms with Crippen LogP contribution in [0.15, 0.2) is 35.4 Å². The molecule has 0 spiro atoms. The maximum Gasteiger partial charge on any atom is 0.283 e. The van der Waals surface area contributed by atoms with Crippen LogP contribution >= 0.6 is 11.6 Å². The molecule has 0 unspecified atom stereocenters. The Balaban J connectivity index is 1.85. The molecule has 3 aromatic heterocycles. The summed E-state index contributed by atoms with van der Waals surface area (Å²) in [5.41, 5.74) is 3.71. The summed E-state index contributed by atoms with van der Waals surface area (Å²) in [6.45, 7) is 3.50. The third-order valence-corrected chi connectivity index (χ3v) is 5.10. The number of hydrogen-bond acceptors (Lipinski definition) is 6. The van der Waals surface area contributed by atoms with Crippen molar-refractivity contribution >= 4 is 28.4 Å². The summed E-state index contributed by atoms with van der Waals surface area (Å²) >= 11 is 6.03. The van der Waals surface area contributed by atoms with Crippen LogP contribution in [-0.2, 0) is 13.0 Å². The summed E-state index contributed by atoms with van der Waals surface area (Å²) in [4.78, 5) is 19.4. The van der Waals surface area contributed by atoms with Crippen LogP contribution in [0.2, 0.25) is 5.02 Å². The average Bonchev–Trinajstić information content (AvgIpc) is 3.09. The van der Waals surface area contributed by atoms with Gasteiger partial charge in [0, 0.05) is 11.6 Å². The predicted octanol–water partition coefficient (Wildman–Crippen LogP) is 2.67. The Labute approximate surface area is 172 Å². The highest BCUT2D eigenvalue weighted by molar-refractivity contribution is 6.30. The van der Waals surface area contributed by atoms with Gasteiger partial charge in [-0.2, -0.15) is 9.61 Å². The smallest absolute Gasteiger partial charge is 0.283 e. The van der Waals surface area contributed by atoms with Gasteiger partial charge in [0.1, 0.15) is 6.33 Å². The van der Waals surface area contributed by atoms with Crippen LogP contribution in [-0.4, -0.2) is 54.9 Å². The van der Waals surface area contributed by atoms with Crippen molar-refractivity contribution in [3.8, 4) is 11.1 Å². The van der Waals surface area contributed by atoms with E-state index >= 15 is 0 Å². The Bertz CT molecular complexity index is 1230. The van der Waals surface area contributed by atoms with E-state index in [1.807, 2.05) is 45.3 Å². The van der Waals surface area contributed by atoms with Crippen LogP contribution in [0.1, 0.15) is 19.0 Å². The number of benzene rings is 1. The predicted molar refractivity (Wildman–Crippen MR) is 113 cm³/mol. The summed E-state index contributed by atoms with van der Waals surface area (Å²) in [7, 11) is 4.01. The molecule has 150 valence electrons. The van der Waals surface area contributed by atoms with Crippen molar-refractivity contribution in [3.63, 3.8) is 0 Å². The highest BCUT2D eigenvalue weighted by atomic mass is 35.5. The lowest BCUT2D eigenvalue weighted by Gasteiger charge is -2.10. The fourth-order valence-corrected chi connectivity index (χ4v) is 3.50. The molecule has 0 radical (unpaired) electrons. The summed E-state index contributed by atoms with van der Waals surface area (Å²) in [6.07, 6.45) is 3.12. The Morgan fingerprint density at radius 1 is 1.10 bits per heavy atom. The summed E-state index contributed by atoms with van der Waals surface area (Å²) < 4.78 is 3.20. The summed E-state index contributed by atoms with van der Waals surface area (Å²) in [5, 5.41) is 13.9. The van der Waals surface area contributed by atoms with Gasteiger partial charge in [-0.05, 0) is 51.2 Å². The molecular formula is C20H22ClN7O. The highest BCUT2D eigenvalue weighted by Crippen LogP contribution is 2.29. The molecule has 8 nitrogen and oxygen atoms in total. The zero-order valence-corrected chi connectivity index (χ0v) is 17.4. The van der Waals surface area contributed by atoms with E-state index in [0.717, 1.165) is 29.8 Å². The number of hydrogen-bond donors (Lipinski definition) is 0. The number of aromatic nitrogens is 6. The molecular weight excluding hydrogens is 390 g/mol. The zero-order valence-electron chi connectivity index (χ0n) is 16.6. The van der Waals surface area contributed by atoms with Crippen LogP contribution in [0.3, 0.4) is 0 Å². The van der Waals surface area contributed by atoms with Gasteiger partial charge in [-0.25, -0.2) is 4.98 Å². The first-order valence-corrected chi connectivity index (χ1v) is 9.91. The highest BCUT2D eigenvalue weighted by Gasteiger charge is 2.19. The maximum atomic E-state index is 12.9. The molecule has 0 N–H and O–H groups in total. The molecule has 0 amide bonds. The van der Waals surface area contributed by atoms with Crippen LogP contribution in [0.25, 0.3) is 27.9 Å². The normalized spacial score (nSPS) is 11.8. The van der Waals surface area contributed by atoms with Gasteiger partial charge in [0.15, 0.2) is 16.8 Å². The molecule has 0 saturated carbocycles. The number of nitrogens with zero attached hydrogens (tertiary/aromatic N) is 7. The number of rotatable bonds is 6. The van der Waals surface area contributed by atoms with Crippen LogP contribution in [0.5, 0.6) is 0 Å². The van der Waals surface area contributed by atoms with Crippen molar-refractivity contribution in [2.45, 2.75) is 26.3 Å². The van der Waals surface area contributed by atoms with E-state index in [9.17, 15) is 4.79 Å². The number of halogens is 1. The topological polar surface area (TPSA) is 81.2 Å². The lowest BCUT2D eigenvalue weighted by atomic mass is 10.0. The largest absolute Gasteiger partial charge is 0.309 e. The van der Waals surface area contributed by atoms with Crippen molar-refractivity contribution in [3.05, 3.63) is 51.7 Å². The van der Waals surface area contributed by atoms with Crippen molar-refractivity contribution in [2.24, 2.45) is 0 Å². The quantitative estimate of drug-likeness (QED) is 0.485. The lowest BCUT2D eigenvalue weighted by Crippen LogP contribution is -2.25. The van der Waals surface area contributed by atoms with E-state index < -0.39 is 0 Å². The molecule has 0 aliphatic carbocycles. The molecule has 0 aliphatic rings. The first kappa shape index (κ1) is 19.5. The Kier molecular flexibility index (Phi) is 5.29. The third-order valence-electron chi connectivity index (χ3n) is 4.85. The first-order chi connectivity index (χ1) is 14.0. The molecule has 3 heterocycles. The van der Waals surface area contributed by atoms with Gasteiger partial charge < -0.3 is 4.90 Å². The van der Waals surface area contributed by atoms with Gasteiger partial charge in [-0.1, -0.05) is 30.7 Å². The summed E-state index contributed by atoms with van der Waals surface area (Å²) in [5.74, 6) is 0. The van der Waals surface area contributed by atoms with E-state index in [1.165, 1.54) is 0 Å². The molecule has 0 aliphatic heterocycles. The van der Waals surface area contributed by atoms with Crippen LogP contribution in [0, 0.1) is 0 Å². The Morgan fingerprint density at radius 2 is 1.86 bits per heavy atom. The Morgan fingerprint density at radius 3 is 2.55 bits per heavy atom.